The fourth-order valence-electron chi connectivity index (χ4n) is 9.97. The minimum Gasteiger partial charge on any atom is -0.390 e. The SMILES string of the molecule is CCC12CC3CC(O)(C1)CC(C(=O)NC14CC5CC(CC(O)(C5)C1)C4)(C3)C2. The zero-order valence-electron chi connectivity index (χ0n) is 16.7. The Labute approximate surface area is 162 Å². The number of nitrogens with one attached hydrogen (secondary N) is 1. The van der Waals surface area contributed by atoms with Crippen molar-refractivity contribution in [3.05, 3.63) is 0 Å². The molecule has 0 aromatic heterocycles. The van der Waals surface area contributed by atoms with E-state index in [1.807, 2.05) is 0 Å². The Morgan fingerprint density at radius 1 is 0.852 bits per heavy atom. The van der Waals surface area contributed by atoms with Gasteiger partial charge in [-0.3, -0.25) is 4.79 Å². The summed E-state index contributed by atoms with van der Waals surface area (Å²) in [7, 11) is 0. The Bertz CT molecular complexity index is 692. The molecule has 0 radical (unpaired) electrons. The highest BCUT2D eigenvalue weighted by Gasteiger charge is 2.66. The van der Waals surface area contributed by atoms with E-state index in [2.05, 4.69) is 12.2 Å². The van der Waals surface area contributed by atoms with Crippen molar-refractivity contribution < 1.29 is 15.0 Å². The number of hydrogen-bond acceptors (Lipinski definition) is 3. The summed E-state index contributed by atoms with van der Waals surface area (Å²) in [5.74, 6) is 1.89. The van der Waals surface area contributed by atoms with E-state index >= 15 is 0 Å². The van der Waals surface area contributed by atoms with E-state index in [1.54, 1.807) is 0 Å². The largest absolute Gasteiger partial charge is 0.390 e. The number of aliphatic hydroxyl groups is 2. The molecule has 0 heterocycles. The lowest BCUT2D eigenvalue weighted by Gasteiger charge is -2.65. The molecule has 8 fully saturated rings. The summed E-state index contributed by atoms with van der Waals surface area (Å²) in [4.78, 5) is 13.8. The number of carbonyl (C=O) groups excluding carboxylic acids is 1. The van der Waals surface area contributed by atoms with Gasteiger partial charge in [0.05, 0.1) is 16.6 Å². The molecule has 27 heavy (non-hydrogen) atoms. The third-order valence-corrected chi connectivity index (χ3v) is 9.80. The van der Waals surface area contributed by atoms with Gasteiger partial charge < -0.3 is 15.5 Å². The van der Waals surface area contributed by atoms with Crippen molar-refractivity contribution in [1.82, 2.24) is 5.32 Å². The summed E-state index contributed by atoms with van der Waals surface area (Å²) < 4.78 is 0. The maximum Gasteiger partial charge on any atom is 0.226 e. The first-order valence-corrected chi connectivity index (χ1v) is 11.4. The van der Waals surface area contributed by atoms with E-state index in [0.29, 0.717) is 24.2 Å². The summed E-state index contributed by atoms with van der Waals surface area (Å²) in [5.41, 5.74) is -1.53. The molecule has 150 valence electrons. The fraction of sp³-hybridized carbons (Fsp3) is 0.957. The van der Waals surface area contributed by atoms with Crippen LogP contribution in [0.5, 0.6) is 0 Å². The highest BCUT2D eigenvalue weighted by Crippen LogP contribution is 2.68. The quantitative estimate of drug-likeness (QED) is 0.711. The average molecular weight is 374 g/mol. The lowest BCUT2D eigenvalue weighted by Crippen LogP contribution is -2.69. The van der Waals surface area contributed by atoms with Crippen LogP contribution < -0.4 is 5.32 Å². The standard InChI is InChI=1S/C23H35NO3/c1-2-19-4-17-5-20(11-19,13-23(27,10-17)12-19)18(25)24-21-6-15-3-16(7-21)9-22(26,8-15)14-21/h15-17,26-27H,2-14H2,1H3,(H,24,25). The molecule has 4 nitrogen and oxygen atoms in total. The minimum absolute atomic E-state index is 0.172. The van der Waals surface area contributed by atoms with Crippen LogP contribution in [0, 0.1) is 28.6 Å². The van der Waals surface area contributed by atoms with Crippen molar-refractivity contribution in [3.63, 3.8) is 0 Å². The number of rotatable bonds is 3. The second kappa shape index (κ2) is 4.92. The summed E-state index contributed by atoms with van der Waals surface area (Å²) in [5, 5.41) is 25.9. The molecule has 3 N–H and O–H groups in total. The number of hydrogen-bond donors (Lipinski definition) is 3. The first kappa shape index (κ1) is 17.3. The Morgan fingerprint density at radius 2 is 1.56 bits per heavy atom. The molecule has 0 aliphatic heterocycles. The third-order valence-electron chi connectivity index (χ3n) is 9.80. The van der Waals surface area contributed by atoms with Gasteiger partial charge in [0, 0.05) is 5.54 Å². The van der Waals surface area contributed by atoms with E-state index in [-0.39, 0.29) is 22.3 Å². The van der Waals surface area contributed by atoms with Gasteiger partial charge in [-0.2, -0.15) is 0 Å². The minimum atomic E-state index is -0.619. The van der Waals surface area contributed by atoms with E-state index in [9.17, 15) is 15.0 Å². The fourth-order valence-corrected chi connectivity index (χ4v) is 9.97. The van der Waals surface area contributed by atoms with Gasteiger partial charge >= 0.3 is 0 Å². The molecule has 4 heteroatoms. The number of carbonyl (C=O) groups is 1. The zero-order chi connectivity index (χ0) is 18.7. The molecular weight excluding hydrogens is 338 g/mol. The van der Waals surface area contributed by atoms with E-state index in [4.69, 9.17) is 0 Å². The molecule has 8 aliphatic rings. The van der Waals surface area contributed by atoms with Crippen molar-refractivity contribution >= 4 is 5.91 Å². The molecule has 1 amide bonds. The van der Waals surface area contributed by atoms with Crippen LogP contribution in [0.3, 0.4) is 0 Å². The summed E-state index contributed by atoms with van der Waals surface area (Å²) in [6.07, 6.45) is 12.7. The highest BCUT2D eigenvalue weighted by molar-refractivity contribution is 5.84. The lowest BCUT2D eigenvalue weighted by atomic mass is 9.42. The molecular formula is C23H35NO3. The maximum absolute atomic E-state index is 13.8. The maximum atomic E-state index is 13.8. The summed E-state index contributed by atoms with van der Waals surface area (Å²) >= 11 is 0. The monoisotopic (exact) mass is 373 g/mol. The summed E-state index contributed by atoms with van der Waals surface area (Å²) in [6.45, 7) is 2.25. The number of amides is 1. The lowest BCUT2D eigenvalue weighted by molar-refractivity contribution is -0.208. The van der Waals surface area contributed by atoms with Gasteiger partial charge in [0.15, 0.2) is 0 Å². The van der Waals surface area contributed by atoms with Crippen molar-refractivity contribution in [2.45, 2.75) is 107 Å². The topological polar surface area (TPSA) is 69.6 Å². The van der Waals surface area contributed by atoms with Gasteiger partial charge in [-0.15, -0.1) is 0 Å². The first-order valence-electron chi connectivity index (χ1n) is 11.4. The van der Waals surface area contributed by atoms with Gasteiger partial charge in [0.1, 0.15) is 0 Å². The van der Waals surface area contributed by atoms with Gasteiger partial charge in [0.25, 0.3) is 0 Å². The van der Waals surface area contributed by atoms with E-state index in [0.717, 1.165) is 64.2 Å². The molecule has 0 aromatic rings. The molecule has 6 unspecified atom stereocenters. The van der Waals surface area contributed by atoms with Crippen molar-refractivity contribution in [2.24, 2.45) is 28.6 Å². The van der Waals surface area contributed by atoms with Gasteiger partial charge in [0.2, 0.25) is 5.91 Å². The first-order chi connectivity index (χ1) is 12.7. The predicted molar refractivity (Wildman–Crippen MR) is 102 cm³/mol. The Morgan fingerprint density at radius 3 is 2.19 bits per heavy atom. The van der Waals surface area contributed by atoms with Crippen LogP contribution in [0.15, 0.2) is 0 Å². The Kier molecular flexibility index (Phi) is 3.15. The van der Waals surface area contributed by atoms with Crippen molar-refractivity contribution in [3.8, 4) is 0 Å². The van der Waals surface area contributed by atoms with E-state index in [1.165, 1.54) is 12.8 Å². The molecule has 0 spiro atoms. The molecule has 8 aliphatic carbocycles. The van der Waals surface area contributed by atoms with Crippen LogP contribution in [-0.4, -0.2) is 32.9 Å². The second-order valence-electron chi connectivity index (χ2n) is 12.3. The van der Waals surface area contributed by atoms with Crippen LogP contribution in [0.4, 0.5) is 0 Å². The van der Waals surface area contributed by atoms with Crippen molar-refractivity contribution in [1.29, 1.82) is 0 Å². The smallest absolute Gasteiger partial charge is 0.226 e. The van der Waals surface area contributed by atoms with Crippen LogP contribution in [-0.2, 0) is 4.79 Å². The van der Waals surface area contributed by atoms with Crippen LogP contribution >= 0.6 is 0 Å². The van der Waals surface area contributed by atoms with Crippen LogP contribution in [0.25, 0.3) is 0 Å². The second-order valence-corrected chi connectivity index (χ2v) is 12.3. The predicted octanol–water partition coefficient (Wildman–Crippen LogP) is 3.30. The molecule has 8 bridgehead atoms. The van der Waals surface area contributed by atoms with Gasteiger partial charge in [-0.05, 0) is 100 Å². The van der Waals surface area contributed by atoms with Gasteiger partial charge in [-0.1, -0.05) is 13.3 Å². The molecule has 8 rings (SSSR count). The van der Waals surface area contributed by atoms with Crippen molar-refractivity contribution in [2.75, 3.05) is 0 Å². The highest BCUT2D eigenvalue weighted by atomic mass is 16.3. The third kappa shape index (κ3) is 2.38. The Hall–Kier alpha value is -0.610. The molecule has 6 atom stereocenters. The average Bonchev–Trinajstić information content (AvgIpc) is 2.49. The van der Waals surface area contributed by atoms with Crippen LogP contribution in [0.2, 0.25) is 0 Å². The van der Waals surface area contributed by atoms with Gasteiger partial charge in [-0.25, -0.2) is 0 Å². The molecule has 0 saturated heterocycles. The summed E-state index contributed by atoms with van der Waals surface area (Å²) in [6, 6.07) is 0. The molecule has 0 aromatic carbocycles. The van der Waals surface area contributed by atoms with E-state index < -0.39 is 11.2 Å². The Balaban J connectivity index is 1.30. The zero-order valence-corrected chi connectivity index (χ0v) is 16.7. The van der Waals surface area contributed by atoms with Crippen LogP contribution in [0.1, 0.15) is 90.4 Å². The normalized spacial score (nSPS) is 60.0. The molecule has 8 saturated carbocycles.